The summed E-state index contributed by atoms with van der Waals surface area (Å²) in [5.41, 5.74) is 3.17. The van der Waals surface area contributed by atoms with Crippen LogP contribution in [0.1, 0.15) is 18.0 Å². The van der Waals surface area contributed by atoms with Gasteiger partial charge < -0.3 is 13.9 Å². The molecule has 0 spiro atoms. The molecule has 0 aliphatic carbocycles. The summed E-state index contributed by atoms with van der Waals surface area (Å²) < 4.78 is 8.95. The number of pyridine rings is 1. The van der Waals surface area contributed by atoms with E-state index in [1.165, 1.54) is 15.9 Å². The molecule has 0 amide bonds. The van der Waals surface area contributed by atoms with Gasteiger partial charge in [0.15, 0.2) is 7.26 Å². The van der Waals surface area contributed by atoms with E-state index in [0.29, 0.717) is 11.8 Å². The van der Waals surface area contributed by atoms with E-state index in [1.807, 2.05) is 28.8 Å². The monoisotopic (exact) mass is 594 g/mol. The number of hydrogen-bond donors (Lipinski definition) is 0. The molecular formula is C38H33N3O2P+. The third-order valence-electron chi connectivity index (χ3n) is 9.13. The standard InChI is InChI=1S/C38H33N3O2P/c42-35-23-13-22-34-30-24-28(26-41(34)35)25-40(27-30)38-37(39-36(43-38)29-14-5-1-6-15-29)44(31-16-7-2-8-17-31,32-18-9-3-10-19-32)33-20-11-4-12-21-33/h1-23,28,30H,24-27H2/q+1/t28?,30-/m0/s1. The second-order valence-electron chi connectivity index (χ2n) is 11.8. The fourth-order valence-electron chi connectivity index (χ4n) is 7.26. The van der Waals surface area contributed by atoms with Crippen molar-refractivity contribution < 1.29 is 4.42 Å². The van der Waals surface area contributed by atoms with Gasteiger partial charge in [-0.1, -0.05) is 78.9 Å². The van der Waals surface area contributed by atoms with Crippen LogP contribution in [0.15, 0.2) is 149 Å². The number of nitrogens with zero attached hydrogens (tertiary/aromatic N) is 3. The second-order valence-corrected chi connectivity index (χ2v) is 15.1. The van der Waals surface area contributed by atoms with Crippen LogP contribution in [0.5, 0.6) is 0 Å². The molecule has 2 atom stereocenters. The van der Waals surface area contributed by atoms with Gasteiger partial charge in [-0.3, -0.25) is 4.79 Å². The number of aromatic nitrogens is 2. The maximum atomic E-state index is 12.8. The summed E-state index contributed by atoms with van der Waals surface area (Å²) in [5, 5.41) is 3.71. The Hall–Kier alpha value is -4.73. The van der Waals surface area contributed by atoms with Crippen LogP contribution < -0.4 is 31.8 Å². The van der Waals surface area contributed by atoms with E-state index in [9.17, 15) is 4.79 Å². The van der Waals surface area contributed by atoms with Crippen molar-refractivity contribution >= 4 is 34.5 Å². The first kappa shape index (κ1) is 26.9. The molecular weight excluding hydrogens is 561 g/mol. The molecule has 5 nitrogen and oxygen atoms in total. The summed E-state index contributed by atoms with van der Waals surface area (Å²) in [6.45, 7) is 2.31. The Bertz CT molecular complexity index is 1860. The number of fused-ring (bicyclic) bond motifs is 4. The minimum absolute atomic E-state index is 0.0968. The Morgan fingerprint density at radius 1 is 0.636 bits per heavy atom. The van der Waals surface area contributed by atoms with Crippen LogP contribution in [0.2, 0.25) is 0 Å². The summed E-state index contributed by atoms with van der Waals surface area (Å²) >= 11 is 0. The highest BCUT2D eigenvalue weighted by atomic mass is 31.2. The Morgan fingerprint density at radius 3 is 1.80 bits per heavy atom. The molecule has 1 unspecified atom stereocenters. The zero-order valence-electron chi connectivity index (χ0n) is 24.4. The summed E-state index contributed by atoms with van der Waals surface area (Å²) in [7, 11) is -2.52. The van der Waals surface area contributed by atoms with Crippen molar-refractivity contribution in [2.45, 2.75) is 18.9 Å². The van der Waals surface area contributed by atoms with Crippen LogP contribution in [0.3, 0.4) is 0 Å². The minimum Gasteiger partial charge on any atom is -0.416 e. The van der Waals surface area contributed by atoms with Crippen LogP contribution in [0.4, 0.5) is 5.88 Å². The number of benzene rings is 4. The van der Waals surface area contributed by atoms with E-state index in [-0.39, 0.29) is 11.5 Å². The molecule has 2 aromatic heterocycles. The highest BCUT2D eigenvalue weighted by molar-refractivity contribution is 8.01. The molecule has 2 bridgehead atoms. The van der Waals surface area contributed by atoms with Crippen molar-refractivity contribution in [1.29, 1.82) is 0 Å². The largest absolute Gasteiger partial charge is 0.416 e. The summed E-state index contributed by atoms with van der Waals surface area (Å²) in [6, 6.07) is 48.5. The van der Waals surface area contributed by atoms with E-state index in [4.69, 9.17) is 9.40 Å². The van der Waals surface area contributed by atoms with Crippen LogP contribution in [0, 0.1) is 5.92 Å². The lowest BCUT2D eigenvalue weighted by Gasteiger charge is -2.42. The van der Waals surface area contributed by atoms with Crippen molar-refractivity contribution in [3.8, 4) is 11.5 Å². The zero-order chi connectivity index (χ0) is 29.5. The number of anilines is 1. The van der Waals surface area contributed by atoms with Crippen molar-refractivity contribution in [3.63, 3.8) is 0 Å². The van der Waals surface area contributed by atoms with E-state index < -0.39 is 7.26 Å². The Morgan fingerprint density at radius 2 is 1.20 bits per heavy atom. The van der Waals surface area contributed by atoms with Crippen molar-refractivity contribution in [2.24, 2.45) is 5.92 Å². The van der Waals surface area contributed by atoms with Crippen LogP contribution in [0.25, 0.3) is 11.5 Å². The van der Waals surface area contributed by atoms with Crippen LogP contribution in [-0.2, 0) is 6.54 Å². The van der Waals surface area contributed by atoms with Crippen LogP contribution >= 0.6 is 7.26 Å². The lowest BCUT2D eigenvalue weighted by atomic mass is 9.83. The van der Waals surface area contributed by atoms with Gasteiger partial charge in [0.2, 0.25) is 5.89 Å². The van der Waals surface area contributed by atoms with Crippen molar-refractivity contribution in [1.82, 2.24) is 9.55 Å². The normalized spacial score (nSPS) is 17.7. The predicted molar refractivity (Wildman–Crippen MR) is 180 cm³/mol. The molecule has 4 aromatic carbocycles. The highest BCUT2D eigenvalue weighted by Gasteiger charge is 2.54. The number of hydrogen-bond acceptors (Lipinski definition) is 4. The second kappa shape index (κ2) is 11.1. The molecule has 0 saturated carbocycles. The van der Waals surface area contributed by atoms with Gasteiger partial charge in [-0.25, -0.2) is 0 Å². The smallest absolute Gasteiger partial charge is 0.262 e. The first-order valence-electron chi connectivity index (χ1n) is 15.3. The molecule has 2 aliphatic heterocycles. The van der Waals surface area contributed by atoms with Gasteiger partial charge in [0.25, 0.3) is 16.9 Å². The molecule has 6 aromatic rings. The maximum absolute atomic E-state index is 12.8. The van der Waals surface area contributed by atoms with Crippen molar-refractivity contribution in [3.05, 3.63) is 156 Å². The van der Waals surface area contributed by atoms with Gasteiger partial charge in [0.05, 0.1) is 0 Å². The van der Waals surface area contributed by atoms with Crippen LogP contribution in [-0.4, -0.2) is 22.6 Å². The number of rotatable bonds is 6. The molecule has 216 valence electrons. The molecule has 44 heavy (non-hydrogen) atoms. The van der Waals surface area contributed by atoms with E-state index in [0.717, 1.165) is 48.6 Å². The molecule has 2 aliphatic rings. The lowest BCUT2D eigenvalue weighted by molar-refractivity contribution is 0.275. The van der Waals surface area contributed by atoms with Gasteiger partial charge in [-0.05, 0) is 66.9 Å². The zero-order valence-corrected chi connectivity index (χ0v) is 25.3. The summed E-state index contributed by atoms with van der Waals surface area (Å²) in [6.07, 6.45) is 1.07. The maximum Gasteiger partial charge on any atom is 0.262 e. The Balaban J connectivity index is 1.40. The van der Waals surface area contributed by atoms with Gasteiger partial charge >= 0.3 is 0 Å². The molecule has 1 fully saturated rings. The van der Waals surface area contributed by atoms with Gasteiger partial charge in [-0.15, -0.1) is 0 Å². The Kier molecular flexibility index (Phi) is 6.76. The highest BCUT2D eigenvalue weighted by Crippen LogP contribution is 2.56. The lowest BCUT2D eigenvalue weighted by Crippen LogP contribution is -2.49. The third kappa shape index (κ3) is 4.42. The SMILES string of the molecule is O=c1cccc2n1CC1C[C@H]2CN(c2oc(-c3ccccc3)nc2[P+](c2ccccc2)(c2ccccc2)c2ccccc2)C1. The topological polar surface area (TPSA) is 51.3 Å². The summed E-state index contributed by atoms with van der Waals surface area (Å²) in [4.78, 5) is 20.7. The predicted octanol–water partition coefficient (Wildman–Crippen LogP) is 5.75. The van der Waals surface area contributed by atoms with Crippen molar-refractivity contribution in [2.75, 3.05) is 18.0 Å². The molecule has 0 N–H and O–H groups in total. The molecule has 8 rings (SSSR count). The van der Waals surface area contributed by atoms with Gasteiger partial charge in [-0.2, -0.15) is 4.98 Å². The average Bonchev–Trinajstić information content (AvgIpc) is 3.53. The fraction of sp³-hybridized carbons (Fsp3) is 0.158. The van der Waals surface area contributed by atoms with E-state index in [1.54, 1.807) is 6.07 Å². The third-order valence-corrected chi connectivity index (χ3v) is 13.3. The molecule has 4 heterocycles. The summed E-state index contributed by atoms with van der Waals surface area (Å²) in [5.74, 6) is 2.06. The number of piperidine rings is 1. The van der Waals surface area contributed by atoms with Gasteiger partial charge in [0.1, 0.15) is 15.9 Å². The first-order valence-corrected chi connectivity index (χ1v) is 17.1. The first-order chi connectivity index (χ1) is 21.7. The van der Waals surface area contributed by atoms with Gasteiger partial charge in [0, 0.05) is 42.9 Å². The number of oxazole rings is 1. The average molecular weight is 595 g/mol. The van der Waals surface area contributed by atoms with E-state index >= 15 is 0 Å². The molecule has 0 radical (unpaired) electrons. The fourth-order valence-corrected chi connectivity index (χ4v) is 11.5. The Labute approximate surface area is 257 Å². The minimum atomic E-state index is -2.52. The molecule has 6 heteroatoms. The quantitative estimate of drug-likeness (QED) is 0.231. The van der Waals surface area contributed by atoms with E-state index in [2.05, 4.69) is 114 Å². The molecule has 1 saturated heterocycles.